The van der Waals surface area contributed by atoms with Crippen LogP contribution in [0.2, 0.25) is 0 Å². The van der Waals surface area contributed by atoms with Gasteiger partial charge in [-0.25, -0.2) is 5.06 Å². The number of hydroxylamine groups is 2. The zero-order valence-electron chi connectivity index (χ0n) is 16.2. The third-order valence-corrected chi connectivity index (χ3v) is 3.89. The lowest BCUT2D eigenvalue weighted by Crippen LogP contribution is -2.48. The lowest BCUT2D eigenvalue weighted by atomic mass is 10.0. The first-order valence-electron chi connectivity index (χ1n) is 9.09. The van der Waals surface area contributed by atoms with Crippen molar-refractivity contribution in [2.45, 2.75) is 39.8 Å². The van der Waals surface area contributed by atoms with E-state index in [-0.39, 0.29) is 25.0 Å². The molecule has 7 heteroatoms. The Kier molecular flexibility index (Phi) is 10.5. The topological polar surface area (TPSA) is 87.7 Å². The normalized spacial score (nSPS) is 13.0. The largest absolute Gasteiger partial charge is 0.355 e. The number of allylic oxidation sites excluding steroid dienone is 2. The minimum Gasteiger partial charge on any atom is -0.355 e. The number of hydrogen-bond donors (Lipinski definition) is 2. The van der Waals surface area contributed by atoms with Crippen LogP contribution in [-0.4, -0.2) is 42.4 Å². The van der Waals surface area contributed by atoms with Crippen molar-refractivity contribution in [1.82, 2.24) is 15.7 Å². The van der Waals surface area contributed by atoms with E-state index in [2.05, 4.69) is 10.6 Å². The molecule has 1 rings (SSSR count). The van der Waals surface area contributed by atoms with Gasteiger partial charge in [-0.05, 0) is 32.8 Å². The van der Waals surface area contributed by atoms with Crippen LogP contribution in [0, 0.1) is 5.92 Å². The van der Waals surface area contributed by atoms with Gasteiger partial charge in [0.2, 0.25) is 18.2 Å². The van der Waals surface area contributed by atoms with E-state index in [0.29, 0.717) is 19.4 Å². The Hall–Kier alpha value is -2.67. The van der Waals surface area contributed by atoms with E-state index in [1.165, 1.54) is 0 Å². The van der Waals surface area contributed by atoms with Crippen LogP contribution in [0.25, 0.3) is 0 Å². The summed E-state index contributed by atoms with van der Waals surface area (Å²) >= 11 is 0. The van der Waals surface area contributed by atoms with Crippen LogP contribution in [0.5, 0.6) is 0 Å². The van der Waals surface area contributed by atoms with Gasteiger partial charge in [-0.1, -0.05) is 42.5 Å². The lowest BCUT2D eigenvalue weighted by Gasteiger charge is -2.24. The Morgan fingerprint density at radius 2 is 1.93 bits per heavy atom. The first-order chi connectivity index (χ1) is 13.0. The van der Waals surface area contributed by atoms with E-state index in [1.807, 2.05) is 56.3 Å². The maximum absolute atomic E-state index is 12.6. The molecule has 0 heterocycles. The van der Waals surface area contributed by atoms with Gasteiger partial charge in [0.15, 0.2) is 0 Å². The second-order valence-corrected chi connectivity index (χ2v) is 6.09. The summed E-state index contributed by atoms with van der Waals surface area (Å²) in [7, 11) is 0. The quantitative estimate of drug-likeness (QED) is 0.331. The van der Waals surface area contributed by atoms with Gasteiger partial charge in [0.1, 0.15) is 12.6 Å². The first kappa shape index (κ1) is 22.4. The zero-order valence-corrected chi connectivity index (χ0v) is 16.2. The van der Waals surface area contributed by atoms with Gasteiger partial charge in [-0.3, -0.25) is 19.2 Å². The Morgan fingerprint density at radius 3 is 2.52 bits per heavy atom. The Bertz CT molecular complexity index is 619. The van der Waals surface area contributed by atoms with Crippen molar-refractivity contribution >= 4 is 18.2 Å². The maximum Gasteiger partial charge on any atom is 0.242 e. The molecule has 148 valence electrons. The van der Waals surface area contributed by atoms with Crippen molar-refractivity contribution in [3.05, 3.63) is 48.0 Å². The van der Waals surface area contributed by atoms with Crippen molar-refractivity contribution in [3.63, 3.8) is 0 Å². The summed E-state index contributed by atoms with van der Waals surface area (Å²) < 4.78 is 0. The molecule has 0 aromatic heterocycles. The predicted molar refractivity (Wildman–Crippen MR) is 103 cm³/mol. The monoisotopic (exact) mass is 375 g/mol. The van der Waals surface area contributed by atoms with Crippen LogP contribution < -0.4 is 10.6 Å². The van der Waals surface area contributed by atoms with Gasteiger partial charge in [0, 0.05) is 6.54 Å². The Balaban J connectivity index is 2.68. The minimum atomic E-state index is -0.652. The molecule has 27 heavy (non-hydrogen) atoms. The summed E-state index contributed by atoms with van der Waals surface area (Å²) in [6, 6.07) is 8.79. The highest BCUT2D eigenvalue weighted by Gasteiger charge is 2.24. The molecule has 0 radical (unpaired) electrons. The summed E-state index contributed by atoms with van der Waals surface area (Å²) in [6.07, 6.45) is 4.68. The van der Waals surface area contributed by atoms with Crippen molar-refractivity contribution < 1.29 is 19.2 Å². The van der Waals surface area contributed by atoms with Crippen molar-refractivity contribution in [1.29, 1.82) is 0 Å². The molecule has 0 fully saturated rings. The highest BCUT2D eigenvalue weighted by molar-refractivity contribution is 5.88. The Labute approximate surface area is 160 Å². The molecule has 0 saturated heterocycles. The first-order valence-corrected chi connectivity index (χ1v) is 9.09. The Morgan fingerprint density at radius 1 is 1.22 bits per heavy atom. The fraction of sp³-hybridized carbons (Fsp3) is 0.450. The van der Waals surface area contributed by atoms with Gasteiger partial charge in [-0.15, -0.1) is 0 Å². The van der Waals surface area contributed by atoms with Crippen LogP contribution in [0.1, 0.15) is 32.8 Å². The number of carbonyl (C=O) groups is 3. The third-order valence-electron chi connectivity index (χ3n) is 3.89. The number of nitrogens with zero attached hydrogens (tertiary/aromatic N) is 1. The van der Waals surface area contributed by atoms with Crippen LogP contribution in [0.4, 0.5) is 0 Å². The fourth-order valence-corrected chi connectivity index (χ4v) is 2.36. The minimum absolute atomic E-state index is 0.0919. The van der Waals surface area contributed by atoms with Gasteiger partial charge >= 0.3 is 0 Å². The highest BCUT2D eigenvalue weighted by Crippen LogP contribution is 2.10. The molecule has 7 nitrogen and oxygen atoms in total. The van der Waals surface area contributed by atoms with Crippen LogP contribution >= 0.6 is 0 Å². The third kappa shape index (κ3) is 8.50. The van der Waals surface area contributed by atoms with Gasteiger partial charge < -0.3 is 10.6 Å². The molecule has 0 spiro atoms. The van der Waals surface area contributed by atoms with E-state index in [4.69, 9.17) is 4.84 Å². The molecule has 1 unspecified atom stereocenters. The van der Waals surface area contributed by atoms with Gasteiger partial charge in [-0.2, -0.15) is 0 Å². The molecule has 2 atom stereocenters. The van der Waals surface area contributed by atoms with Crippen LogP contribution in [0.3, 0.4) is 0 Å². The standard InChI is InChI=1S/C20H29N3O4/c1-4-6-12-18(20(26)22-16(3)19(25)21-5-2)13-23(15-24)27-14-17-10-8-7-9-11-17/h4,6-11,15-16,18H,5,12-14H2,1-3H3,(H,21,25)(H,22,26)/b6-4+/t16?,18-/m1/s1. The number of likely N-dealkylation sites (N-methyl/N-ethyl adjacent to an activating group) is 1. The van der Waals surface area contributed by atoms with Crippen LogP contribution in [0.15, 0.2) is 42.5 Å². The van der Waals surface area contributed by atoms with E-state index in [0.717, 1.165) is 10.6 Å². The predicted octanol–water partition coefficient (Wildman–Crippen LogP) is 1.80. The van der Waals surface area contributed by atoms with Crippen molar-refractivity contribution in [3.8, 4) is 0 Å². The summed E-state index contributed by atoms with van der Waals surface area (Å²) in [4.78, 5) is 41.3. The number of carbonyl (C=O) groups excluding carboxylic acids is 3. The average Bonchev–Trinajstić information content (AvgIpc) is 2.68. The second-order valence-electron chi connectivity index (χ2n) is 6.09. The molecule has 0 aliphatic heterocycles. The summed E-state index contributed by atoms with van der Waals surface area (Å²) in [6.45, 7) is 6.11. The number of rotatable bonds is 12. The molecule has 0 bridgehead atoms. The molecule has 1 aromatic rings. The van der Waals surface area contributed by atoms with Crippen molar-refractivity contribution in [2.75, 3.05) is 13.1 Å². The molecule has 1 aromatic carbocycles. The van der Waals surface area contributed by atoms with Gasteiger partial charge in [0.05, 0.1) is 12.5 Å². The summed E-state index contributed by atoms with van der Waals surface area (Å²) in [5.74, 6) is -1.08. The van der Waals surface area contributed by atoms with E-state index >= 15 is 0 Å². The molecule has 0 aliphatic carbocycles. The smallest absolute Gasteiger partial charge is 0.242 e. The second kappa shape index (κ2) is 12.6. The maximum atomic E-state index is 12.6. The molecule has 3 amide bonds. The zero-order chi connectivity index (χ0) is 20.1. The highest BCUT2D eigenvalue weighted by atomic mass is 16.7. The van der Waals surface area contributed by atoms with E-state index in [9.17, 15) is 14.4 Å². The molecule has 0 aliphatic rings. The average molecular weight is 375 g/mol. The molecule has 2 N–H and O–H groups in total. The number of nitrogens with one attached hydrogen (secondary N) is 2. The van der Waals surface area contributed by atoms with E-state index < -0.39 is 12.0 Å². The summed E-state index contributed by atoms with van der Waals surface area (Å²) in [5, 5.41) is 6.48. The number of hydrogen-bond acceptors (Lipinski definition) is 4. The lowest BCUT2D eigenvalue weighted by molar-refractivity contribution is -0.182. The van der Waals surface area contributed by atoms with Gasteiger partial charge in [0.25, 0.3) is 0 Å². The van der Waals surface area contributed by atoms with Crippen LogP contribution in [-0.2, 0) is 25.8 Å². The number of amides is 3. The molecule has 0 saturated carbocycles. The molecular weight excluding hydrogens is 346 g/mol. The summed E-state index contributed by atoms with van der Waals surface area (Å²) in [5.41, 5.74) is 0.920. The molecular formula is C20H29N3O4. The number of benzene rings is 1. The van der Waals surface area contributed by atoms with E-state index in [1.54, 1.807) is 6.92 Å². The van der Waals surface area contributed by atoms with Crippen molar-refractivity contribution in [2.24, 2.45) is 5.92 Å². The SMILES string of the molecule is C/C=C/C[C@H](CN(C=O)OCc1ccccc1)C(=O)NC(C)C(=O)NCC. The fourth-order valence-electron chi connectivity index (χ4n) is 2.36.